The number of fused-ring (bicyclic) bond motifs is 1. The van der Waals surface area contributed by atoms with Crippen molar-refractivity contribution in [3.05, 3.63) is 38.7 Å². The Hall–Kier alpha value is -1.56. The molecule has 2 aromatic rings. The summed E-state index contributed by atoms with van der Waals surface area (Å²) in [6.45, 7) is 3.95. The molecule has 5 nitrogen and oxygen atoms in total. The van der Waals surface area contributed by atoms with Crippen LogP contribution in [0, 0.1) is 10.1 Å². The smallest absolute Gasteiger partial charge is 0.258 e. The minimum atomic E-state index is -0.426. The topological polar surface area (TPSA) is 68.9 Å². The molecule has 0 aliphatic heterocycles. The highest BCUT2D eigenvalue weighted by atomic mass is 79.9. The van der Waals surface area contributed by atoms with Crippen LogP contribution in [0.5, 0.6) is 0 Å². The molecule has 0 aliphatic carbocycles. The van der Waals surface area contributed by atoms with E-state index in [0.29, 0.717) is 15.9 Å². The first-order valence-electron chi connectivity index (χ1n) is 5.10. The van der Waals surface area contributed by atoms with Gasteiger partial charge in [-0.1, -0.05) is 13.8 Å². The third kappa shape index (κ3) is 2.26. The number of nitro benzene ring substituents is 1. The van der Waals surface area contributed by atoms with E-state index in [4.69, 9.17) is 0 Å². The van der Waals surface area contributed by atoms with E-state index in [9.17, 15) is 10.1 Å². The normalized spacial score (nSPS) is 11.1. The average Bonchev–Trinajstić information content (AvgIpc) is 2.27. The molecule has 0 amide bonds. The minimum absolute atomic E-state index is 0.0396. The summed E-state index contributed by atoms with van der Waals surface area (Å²) < 4.78 is 0.668. The highest BCUT2D eigenvalue weighted by Gasteiger charge is 2.12. The third-order valence-electron chi connectivity index (χ3n) is 2.38. The van der Waals surface area contributed by atoms with Crippen molar-refractivity contribution < 1.29 is 4.92 Å². The van der Waals surface area contributed by atoms with E-state index in [1.54, 1.807) is 6.07 Å². The van der Waals surface area contributed by atoms with Crippen LogP contribution in [0.1, 0.15) is 25.6 Å². The van der Waals surface area contributed by atoms with E-state index >= 15 is 0 Å². The van der Waals surface area contributed by atoms with Crippen LogP contribution in [0.15, 0.2) is 22.8 Å². The van der Waals surface area contributed by atoms with Crippen molar-refractivity contribution >= 4 is 32.5 Å². The number of aromatic nitrogens is 2. The second kappa shape index (κ2) is 4.37. The zero-order valence-corrected chi connectivity index (χ0v) is 10.9. The molecule has 0 bridgehead atoms. The number of hydrogen-bond acceptors (Lipinski definition) is 4. The predicted molar refractivity (Wildman–Crippen MR) is 68.0 cm³/mol. The van der Waals surface area contributed by atoms with Gasteiger partial charge in [0.15, 0.2) is 0 Å². The van der Waals surface area contributed by atoms with Crippen LogP contribution in [0.25, 0.3) is 10.9 Å². The summed E-state index contributed by atoms with van der Waals surface area (Å²) in [4.78, 5) is 18.9. The first-order chi connectivity index (χ1) is 7.99. The maximum absolute atomic E-state index is 10.7. The Labute approximate surface area is 106 Å². The van der Waals surface area contributed by atoms with Gasteiger partial charge in [0.1, 0.15) is 10.4 Å². The Morgan fingerprint density at radius 3 is 2.65 bits per heavy atom. The molecule has 17 heavy (non-hydrogen) atoms. The first kappa shape index (κ1) is 11.9. The van der Waals surface area contributed by atoms with Gasteiger partial charge in [-0.2, -0.15) is 0 Å². The van der Waals surface area contributed by atoms with Gasteiger partial charge in [-0.15, -0.1) is 0 Å². The molecular weight excluding hydrogens is 286 g/mol. The Morgan fingerprint density at radius 2 is 2.06 bits per heavy atom. The van der Waals surface area contributed by atoms with E-state index in [1.165, 1.54) is 12.1 Å². The summed E-state index contributed by atoms with van der Waals surface area (Å²) in [6, 6.07) is 4.57. The van der Waals surface area contributed by atoms with Crippen LogP contribution in [0.4, 0.5) is 5.69 Å². The van der Waals surface area contributed by atoms with Crippen LogP contribution >= 0.6 is 15.9 Å². The highest BCUT2D eigenvalue weighted by molar-refractivity contribution is 9.10. The molecule has 0 unspecified atom stereocenters. The molecule has 2 rings (SSSR count). The lowest BCUT2D eigenvalue weighted by atomic mass is 10.2. The SMILES string of the molecule is CC(C)c1nc(Br)c2ccc([N+](=O)[O-])cc2n1. The van der Waals surface area contributed by atoms with Gasteiger partial charge in [-0.05, 0) is 22.0 Å². The lowest BCUT2D eigenvalue weighted by Gasteiger charge is -2.06. The van der Waals surface area contributed by atoms with Crippen molar-refractivity contribution in [1.82, 2.24) is 9.97 Å². The molecule has 0 N–H and O–H groups in total. The molecule has 6 heteroatoms. The summed E-state index contributed by atoms with van der Waals surface area (Å²) in [5.74, 6) is 0.847. The molecule has 0 fully saturated rings. The fourth-order valence-electron chi connectivity index (χ4n) is 1.47. The van der Waals surface area contributed by atoms with Gasteiger partial charge >= 0.3 is 0 Å². The van der Waals surface area contributed by atoms with Crippen molar-refractivity contribution in [2.24, 2.45) is 0 Å². The van der Waals surface area contributed by atoms with Gasteiger partial charge in [0, 0.05) is 23.4 Å². The first-order valence-corrected chi connectivity index (χ1v) is 5.90. The van der Waals surface area contributed by atoms with E-state index in [1.807, 2.05) is 13.8 Å². The molecule has 1 aromatic heterocycles. The van der Waals surface area contributed by atoms with Gasteiger partial charge in [-0.3, -0.25) is 10.1 Å². The number of nitro groups is 1. The van der Waals surface area contributed by atoms with Crippen LogP contribution in [0.2, 0.25) is 0 Å². The molecule has 0 atom stereocenters. The highest BCUT2D eigenvalue weighted by Crippen LogP contribution is 2.26. The lowest BCUT2D eigenvalue weighted by molar-refractivity contribution is -0.384. The standard InChI is InChI=1S/C11H10BrN3O2/c1-6(2)11-13-9-5-7(15(16)17)3-4-8(9)10(12)14-11/h3-6H,1-2H3. The summed E-state index contributed by atoms with van der Waals surface area (Å²) >= 11 is 3.36. The Bertz CT molecular complexity index is 599. The van der Waals surface area contributed by atoms with E-state index in [2.05, 4.69) is 25.9 Å². The monoisotopic (exact) mass is 295 g/mol. The van der Waals surface area contributed by atoms with E-state index in [-0.39, 0.29) is 11.6 Å². The summed E-state index contributed by atoms with van der Waals surface area (Å²) in [5.41, 5.74) is 0.627. The summed E-state index contributed by atoms with van der Waals surface area (Å²) in [5, 5.41) is 11.5. The Kier molecular flexibility index (Phi) is 3.06. The second-order valence-corrected chi connectivity index (χ2v) is 4.74. The summed E-state index contributed by atoms with van der Waals surface area (Å²) in [6.07, 6.45) is 0. The van der Waals surface area contributed by atoms with Gasteiger partial charge < -0.3 is 0 Å². The Balaban J connectivity index is 2.70. The number of hydrogen-bond donors (Lipinski definition) is 0. The van der Waals surface area contributed by atoms with E-state index in [0.717, 1.165) is 5.39 Å². The number of rotatable bonds is 2. The van der Waals surface area contributed by atoms with Crippen molar-refractivity contribution in [2.75, 3.05) is 0 Å². The minimum Gasteiger partial charge on any atom is -0.258 e. The molecule has 0 saturated carbocycles. The Morgan fingerprint density at radius 1 is 1.35 bits per heavy atom. The van der Waals surface area contributed by atoms with Crippen molar-refractivity contribution in [3.8, 4) is 0 Å². The van der Waals surface area contributed by atoms with Crippen LogP contribution in [0.3, 0.4) is 0 Å². The molecule has 0 saturated heterocycles. The van der Waals surface area contributed by atoms with Crippen LogP contribution < -0.4 is 0 Å². The van der Waals surface area contributed by atoms with Crippen LogP contribution in [-0.4, -0.2) is 14.9 Å². The largest absolute Gasteiger partial charge is 0.271 e. The molecule has 0 spiro atoms. The fourth-order valence-corrected chi connectivity index (χ4v) is 1.98. The molecule has 1 heterocycles. The second-order valence-electron chi connectivity index (χ2n) is 3.99. The molecular formula is C11H10BrN3O2. The molecule has 1 aromatic carbocycles. The number of halogens is 1. The van der Waals surface area contributed by atoms with Crippen molar-refractivity contribution in [2.45, 2.75) is 19.8 Å². The number of benzene rings is 1. The predicted octanol–water partition coefficient (Wildman–Crippen LogP) is 3.42. The third-order valence-corrected chi connectivity index (χ3v) is 2.98. The van der Waals surface area contributed by atoms with Gasteiger partial charge in [0.2, 0.25) is 0 Å². The molecule has 0 radical (unpaired) electrons. The molecule has 88 valence electrons. The van der Waals surface area contributed by atoms with Crippen molar-refractivity contribution in [3.63, 3.8) is 0 Å². The van der Waals surface area contributed by atoms with Crippen molar-refractivity contribution in [1.29, 1.82) is 0 Å². The van der Waals surface area contributed by atoms with E-state index < -0.39 is 4.92 Å². The maximum atomic E-state index is 10.7. The number of non-ortho nitro benzene ring substituents is 1. The lowest BCUT2D eigenvalue weighted by Crippen LogP contribution is -1.99. The van der Waals surface area contributed by atoms with Gasteiger partial charge in [0.25, 0.3) is 5.69 Å². The fraction of sp³-hybridized carbons (Fsp3) is 0.273. The average molecular weight is 296 g/mol. The zero-order chi connectivity index (χ0) is 12.6. The number of nitrogens with zero attached hydrogens (tertiary/aromatic N) is 3. The maximum Gasteiger partial charge on any atom is 0.271 e. The van der Waals surface area contributed by atoms with Crippen LogP contribution in [-0.2, 0) is 0 Å². The quantitative estimate of drug-likeness (QED) is 0.483. The van der Waals surface area contributed by atoms with Gasteiger partial charge in [-0.25, -0.2) is 9.97 Å². The van der Waals surface area contributed by atoms with Gasteiger partial charge in [0.05, 0.1) is 10.4 Å². The molecule has 0 aliphatic rings. The summed E-state index contributed by atoms with van der Waals surface area (Å²) in [7, 11) is 0. The zero-order valence-electron chi connectivity index (χ0n) is 9.35.